The Balaban J connectivity index is 1.99. The molecule has 0 saturated carbocycles. The lowest BCUT2D eigenvalue weighted by atomic mass is 10.2. The minimum atomic E-state index is 0.720. The van der Waals surface area contributed by atoms with Gasteiger partial charge in [0.1, 0.15) is 6.33 Å². The molecule has 0 bridgehead atoms. The number of benzene rings is 1. The Morgan fingerprint density at radius 1 is 1.33 bits per heavy atom. The lowest BCUT2D eigenvalue weighted by Crippen LogP contribution is -2.07. The molecule has 15 heavy (non-hydrogen) atoms. The van der Waals surface area contributed by atoms with E-state index in [1.807, 2.05) is 12.1 Å². The van der Waals surface area contributed by atoms with Crippen molar-refractivity contribution in [1.29, 1.82) is 0 Å². The van der Waals surface area contributed by atoms with E-state index in [4.69, 9.17) is 5.84 Å². The number of hydrogen-bond acceptors (Lipinski definition) is 4. The maximum atomic E-state index is 5.59. The van der Waals surface area contributed by atoms with Crippen LogP contribution < -0.4 is 5.84 Å². The van der Waals surface area contributed by atoms with Crippen molar-refractivity contribution in [2.45, 2.75) is 10.9 Å². The highest BCUT2D eigenvalue weighted by Gasteiger charge is 2.02. The molecule has 2 aromatic rings. The third kappa shape index (κ3) is 2.73. The van der Waals surface area contributed by atoms with Crippen molar-refractivity contribution >= 4 is 27.7 Å². The molecular formula is C9H9BrN4S. The Hall–Kier alpha value is -1.01. The van der Waals surface area contributed by atoms with Gasteiger partial charge in [-0.25, -0.2) is 4.68 Å². The van der Waals surface area contributed by atoms with Crippen molar-refractivity contribution in [3.63, 3.8) is 0 Å². The Kier molecular flexibility index (Phi) is 3.27. The lowest BCUT2D eigenvalue weighted by Gasteiger charge is -2.00. The van der Waals surface area contributed by atoms with Gasteiger partial charge in [0.2, 0.25) is 5.16 Å². The zero-order valence-corrected chi connectivity index (χ0v) is 10.2. The standard InChI is InChI=1S/C9H9BrN4S/c10-8-3-1-7(2-4-8)5-15-9-13-12-6-14(9)11/h1-4,6H,5,11H2. The number of nitrogens with two attached hydrogens (primary N) is 1. The number of thioether (sulfide) groups is 1. The number of nitrogen functional groups attached to an aromatic ring is 1. The number of nitrogens with zero attached hydrogens (tertiary/aromatic N) is 3. The first-order valence-electron chi connectivity index (χ1n) is 4.28. The largest absolute Gasteiger partial charge is 0.336 e. The third-order valence-electron chi connectivity index (χ3n) is 1.82. The third-order valence-corrected chi connectivity index (χ3v) is 3.38. The molecule has 1 heterocycles. The van der Waals surface area contributed by atoms with Crippen LogP contribution in [-0.2, 0) is 5.75 Å². The number of hydrogen-bond donors (Lipinski definition) is 1. The van der Waals surface area contributed by atoms with Gasteiger partial charge < -0.3 is 5.84 Å². The minimum absolute atomic E-state index is 0.720. The zero-order valence-electron chi connectivity index (χ0n) is 7.80. The summed E-state index contributed by atoms with van der Waals surface area (Å²) in [6.45, 7) is 0. The van der Waals surface area contributed by atoms with E-state index in [1.165, 1.54) is 16.6 Å². The molecule has 2 N–H and O–H groups in total. The van der Waals surface area contributed by atoms with E-state index in [1.54, 1.807) is 11.8 Å². The SMILES string of the molecule is Nn1cnnc1SCc1ccc(Br)cc1. The van der Waals surface area contributed by atoms with E-state index in [0.717, 1.165) is 15.4 Å². The van der Waals surface area contributed by atoms with Crippen LogP contribution in [0.2, 0.25) is 0 Å². The smallest absolute Gasteiger partial charge is 0.209 e. The Morgan fingerprint density at radius 3 is 2.67 bits per heavy atom. The molecule has 0 aliphatic heterocycles. The van der Waals surface area contributed by atoms with Crippen molar-refractivity contribution in [3.8, 4) is 0 Å². The second kappa shape index (κ2) is 4.67. The van der Waals surface area contributed by atoms with Gasteiger partial charge in [0, 0.05) is 10.2 Å². The van der Waals surface area contributed by atoms with Gasteiger partial charge in [-0.15, -0.1) is 10.2 Å². The molecule has 1 aromatic heterocycles. The Morgan fingerprint density at radius 2 is 2.07 bits per heavy atom. The first-order valence-corrected chi connectivity index (χ1v) is 6.06. The molecule has 0 unspecified atom stereocenters. The maximum absolute atomic E-state index is 5.59. The monoisotopic (exact) mass is 284 g/mol. The van der Waals surface area contributed by atoms with Gasteiger partial charge in [0.05, 0.1) is 0 Å². The molecule has 1 aromatic carbocycles. The lowest BCUT2D eigenvalue weighted by molar-refractivity contribution is 0.846. The van der Waals surface area contributed by atoms with Crippen LogP contribution in [0, 0.1) is 0 Å². The number of halogens is 1. The topological polar surface area (TPSA) is 56.7 Å². The van der Waals surface area contributed by atoms with Crippen molar-refractivity contribution in [1.82, 2.24) is 14.9 Å². The van der Waals surface area contributed by atoms with E-state index in [0.29, 0.717) is 0 Å². The summed E-state index contributed by atoms with van der Waals surface area (Å²) in [5, 5.41) is 8.32. The molecule has 0 amide bonds. The molecule has 2 rings (SSSR count). The molecule has 4 nitrogen and oxygen atoms in total. The van der Waals surface area contributed by atoms with E-state index in [-0.39, 0.29) is 0 Å². The molecule has 0 fully saturated rings. The van der Waals surface area contributed by atoms with Gasteiger partial charge in [0.25, 0.3) is 0 Å². The second-order valence-electron chi connectivity index (χ2n) is 2.94. The molecule has 78 valence electrons. The highest BCUT2D eigenvalue weighted by molar-refractivity contribution is 9.10. The average molecular weight is 285 g/mol. The van der Waals surface area contributed by atoms with E-state index in [2.05, 4.69) is 38.3 Å². The molecule has 0 radical (unpaired) electrons. The summed E-state index contributed by atoms with van der Waals surface area (Å²) in [6.07, 6.45) is 1.49. The first-order chi connectivity index (χ1) is 7.25. The summed E-state index contributed by atoms with van der Waals surface area (Å²) in [4.78, 5) is 0. The fourth-order valence-electron chi connectivity index (χ4n) is 1.06. The molecule has 0 aliphatic rings. The molecule has 0 saturated heterocycles. The quantitative estimate of drug-likeness (QED) is 0.692. The Labute approximate surface area is 100.0 Å². The molecule has 0 spiro atoms. The molecular weight excluding hydrogens is 276 g/mol. The van der Waals surface area contributed by atoms with Crippen LogP contribution in [0.25, 0.3) is 0 Å². The highest BCUT2D eigenvalue weighted by atomic mass is 79.9. The Bertz CT molecular complexity index is 440. The average Bonchev–Trinajstić information content (AvgIpc) is 2.63. The fraction of sp³-hybridized carbons (Fsp3) is 0.111. The number of rotatable bonds is 3. The van der Waals surface area contributed by atoms with Crippen LogP contribution in [0.3, 0.4) is 0 Å². The normalized spacial score (nSPS) is 10.5. The van der Waals surface area contributed by atoms with Crippen LogP contribution >= 0.6 is 27.7 Å². The van der Waals surface area contributed by atoms with E-state index < -0.39 is 0 Å². The molecule has 0 aliphatic carbocycles. The zero-order chi connectivity index (χ0) is 10.7. The van der Waals surface area contributed by atoms with Gasteiger partial charge in [-0.2, -0.15) is 0 Å². The van der Waals surface area contributed by atoms with Crippen molar-refractivity contribution in [3.05, 3.63) is 40.6 Å². The van der Waals surface area contributed by atoms with Gasteiger partial charge in [0.15, 0.2) is 0 Å². The predicted molar refractivity (Wildman–Crippen MR) is 63.9 cm³/mol. The van der Waals surface area contributed by atoms with Crippen LogP contribution in [0.1, 0.15) is 5.56 Å². The maximum Gasteiger partial charge on any atom is 0.209 e. The van der Waals surface area contributed by atoms with Crippen molar-refractivity contribution in [2.24, 2.45) is 0 Å². The minimum Gasteiger partial charge on any atom is -0.336 e. The van der Waals surface area contributed by atoms with Gasteiger partial charge in [-0.1, -0.05) is 39.8 Å². The summed E-state index contributed by atoms with van der Waals surface area (Å²) < 4.78 is 2.50. The predicted octanol–water partition coefficient (Wildman–Crippen LogP) is 2.05. The molecule has 6 heteroatoms. The second-order valence-corrected chi connectivity index (χ2v) is 4.79. The molecule has 0 atom stereocenters. The van der Waals surface area contributed by atoms with Crippen molar-refractivity contribution in [2.75, 3.05) is 5.84 Å². The summed E-state index contributed by atoms with van der Waals surface area (Å²) in [6, 6.07) is 8.16. The highest BCUT2D eigenvalue weighted by Crippen LogP contribution is 2.20. The van der Waals surface area contributed by atoms with Gasteiger partial charge in [-0.05, 0) is 17.7 Å². The van der Waals surface area contributed by atoms with E-state index >= 15 is 0 Å². The van der Waals surface area contributed by atoms with Crippen LogP contribution in [0.4, 0.5) is 0 Å². The van der Waals surface area contributed by atoms with Crippen LogP contribution in [-0.4, -0.2) is 14.9 Å². The summed E-state index contributed by atoms with van der Waals surface area (Å²) in [5.74, 6) is 6.43. The van der Waals surface area contributed by atoms with Crippen molar-refractivity contribution < 1.29 is 0 Å². The summed E-state index contributed by atoms with van der Waals surface area (Å²) in [5.41, 5.74) is 1.23. The van der Waals surface area contributed by atoms with Gasteiger partial charge >= 0.3 is 0 Å². The first kappa shape index (κ1) is 10.5. The summed E-state index contributed by atoms with van der Waals surface area (Å²) in [7, 11) is 0. The van der Waals surface area contributed by atoms with Gasteiger partial charge in [-0.3, -0.25) is 0 Å². The fourth-order valence-corrected chi connectivity index (χ4v) is 2.12. The van der Waals surface area contributed by atoms with E-state index in [9.17, 15) is 0 Å². The van der Waals surface area contributed by atoms with Crippen LogP contribution in [0.5, 0.6) is 0 Å². The van der Waals surface area contributed by atoms with Crippen LogP contribution in [0.15, 0.2) is 40.2 Å². The number of aromatic nitrogens is 3. The summed E-state index contributed by atoms with van der Waals surface area (Å²) >= 11 is 4.96.